The molecule has 0 saturated heterocycles. The molecule has 2 fully saturated rings. The fourth-order valence-electron chi connectivity index (χ4n) is 4.86. The van der Waals surface area contributed by atoms with Crippen LogP contribution < -0.4 is 5.32 Å². The summed E-state index contributed by atoms with van der Waals surface area (Å²) in [6.07, 6.45) is 5.18. The quantitative estimate of drug-likeness (QED) is 0.906. The second kappa shape index (κ2) is 5.32. The Hall–Kier alpha value is -0.870. The molecular formula is C19H29NO2S. The molecule has 4 atom stereocenters. The molecule has 1 N–H and O–H groups in total. The summed E-state index contributed by atoms with van der Waals surface area (Å²) in [5.74, 6) is 0.824. The minimum Gasteiger partial charge on any atom is -0.307 e. The Kier molecular flexibility index (Phi) is 3.92. The van der Waals surface area contributed by atoms with E-state index in [1.165, 1.54) is 25.5 Å². The van der Waals surface area contributed by atoms with Crippen molar-refractivity contribution in [3.63, 3.8) is 0 Å². The maximum atomic E-state index is 11.6. The number of nitrogens with one attached hydrogen (secondary N) is 1. The highest BCUT2D eigenvalue weighted by Crippen LogP contribution is 2.65. The first kappa shape index (κ1) is 17.0. The van der Waals surface area contributed by atoms with Crippen LogP contribution in [0, 0.1) is 16.7 Å². The summed E-state index contributed by atoms with van der Waals surface area (Å²) in [4.78, 5) is 0.390. The van der Waals surface area contributed by atoms with Gasteiger partial charge in [0.15, 0.2) is 9.84 Å². The van der Waals surface area contributed by atoms with Crippen LogP contribution in [0.25, 0.3) is 0 Å². The van der Waals surface area contributed by atoms with Gasteiger partial charge in [0.1, 0.15) is 0 Å². The van der Waals surface area contributed by atoms with Crippen LogP contribution in [0.15, 0.2) is 29.2 Å². The van der Waals surface area contributed by atoms with E-state index in [1.807, 2.05) is 12.1 Å². The van der Waals surface area contributed by atoms with E-state index < -0.39 is 9.84 Å². The molecule has 0 aromatic heterocycles. The Balaban J connectivity index is 1.75. The molecule has 0 amide bonds. The standard InChI is InChI=1S/C19H29NO2S/c1-13(14-6-8-16(9-7-14)23(5,21)22)20-17-12-15-10-11-19(17,4)18(15,2)3/h6-9,13,15,17,20H,10-12H2,1-5H3. The highest BCUT2D eigenvalue weighted by atomic mass is 32.2. The summed E-state index contributed by atoms with van der Waals surface area (Å²) in [5.41, 5.74) is 1.92. The van der Waals surface area contributed by atoms with Crippen LogP contribution in [0.2, 0.25) is 0 Å². The van der Waals surface area contributed by atoms with E-state index in [0.29, 0.717) is 21.8 Å². The fourth-order valence-corrected chi connectivity index (χ4v) is 5.49. The lowest BCUT2D eigenvalue weighted by molar-refractivity contribution is 0.116. The maximum absolute atomic E-state index is 11.6. The molecule has 23 heavy (non-hydrogen) atoms. The number of sulfone groups is 1. The molecule has 2 bridgehead atoms. The Labute approximate surface area is 140 Å². The van der Waals surface area contributed by atoms with E-state index >= 15 is 0 Å². The van der Waals surface area contributed by atoms with Crippen molar-refractivity contribution in [2.75, 3.05) is 6.26 Å². The van der Waals surface area contributed by atoms with Gasteiger partial charge in [0, 0.05) is 18.3 Å². The number of rotatable bonds is 4. The molecule has 0 aliphatic heterocycles. The number of benzene rings is 1. The molecule has 1 aromatic carbocycles. The minimum absolute atomic E-state index is 0.237. The monoisotopic (exact) mass is 335 g/mol. The topological polar surface area (TPSA) is 46.2 Å². The Morgan fingerprint density at radius 1 is 1.17 bits per heavy atom. The fraction of sp³-hybridized carbons (Fsp3) is 0.684. The summed E-state index contributed by atoms with van der Waals surface area (Å²) >= 11 is 0. The van der Waals surface area contributed by atoms with Crippen molar-refractivity contribution in [2.24, 2.45) is 16.7 Å². The minimum atomic E-state index is -3.12. The summed E-state index contributed by atoms with van der Waals surface area (Å²) < 4.78 is 23.2. The first-order chi connectivity index (χ1) is 10.6. The van der Waals surface area contributed by atoms with Gasteiger partial charge in [-0.15, -0.1) is 0 Å². The third kappa shape index (κ3) is 2.64. The van der Waals surface area contributed by atoms with Gasteiger partial charge in [-0.3, -0.25) is 0 Å². The van der Waals surface area contributed by atoms with E-state index in [0.717, 1.165) is 11.5 Å². The Morgan fingerprint density at radius 2 is 1.78 bits per heavy atom. The third-order valence-electron chi connectivity index (χ3n) is 7.05. The lowest BCUT2D eigenvalue weighted by atomic mass is 9.69. The normalized spacial score (nSPS) is 33.8. The van der Waals surface area contributed by atoms with Crippen molar-refractivity contribution in [1.29, 1.82) is 0 Å². The maximum Gasteiger partial charge on any atom is 0.175 e. The second-order valence-corrected chi connectivity index (χ2v) is 10.4. The van der Waals surface area contributed by atoms with Crippen molar-refractivity contribution in [3.8, 4) is 0 Å². The van der Waals surface area contributed by atoms with Gasteiger partial charge in [-0.2, -0.15) is 0 Å². The average molecular weight is 336 g/mol. The van der Waals surface area contributed by atoms with Crippen molar-refractivity contribution in [3.05, 3.63) is 29.8 Å². The van der Waals surface area contributed by atoms with Crippen LogP contribution in [0.3, 0.4) is 0 Å². The molecule has 3 rings (SSSR count). The van der Waals surface area contributed by atoms with Crippen molar-refractivity contribution in [1.82, 2.24) is 5.32 Å². The van der Waals surface area contributed by atoms with Crippen LogP contribution in [0.1, 0.15) is 58.6 Å². The van der Waals surface area contributed by atoms with Crippen molar-refractivity contribution in [2.45, 2.75) is 63.9 Å². The molecule has 2 saturated carbocycles. The lowest BCUT2D eigenvalue weighted by Crippen LogP contribution is -2.45. The first-order valence-electron chi connectivity index (χ1n) is 8.62. The molecule has 128 valence electrons. The number of hydrogen-bond donors (Lipinski definition) is 1. The summed E-state index contributed by atoms with van der Waals surface area (Å²) in [6, 6.07) is 8.09. The first-order valence-corrected chi connectivity index (χ1v) is 10.5. The van der Waals surface area contributed by atoms with Gasteiger partial charge < -0.3 is 5.32 Å². The molecule has 4 heteroatoms. The lowest BCUT2D eigenvalue weighted by Gasteiger charge is -2.40. The van der Waals surface area contributed by atoms with Gasteiger partial charge in [-0.05, 0) is 60.6 Å². The van der Waals surface area contributed by atoms with Crippen LogP contribution in [0.4, 0.5) is 0 Å². The third-order valence-corrected chi connectivity index (χ3v) is 8.18. The highest BCUT2D eigenvalue weighted by Gasteiger charge is 2.61. The van der Waals surface area contributed by atoms with Crippen molar-refractivity contribution < 1.29 is 8.42 Å². The molecule has 0 spiro atoms. The predicted molar refractivity (Wildman–Crippen MR) is 94.1 cm³/mol. The highest BCUT2D eigenvalue weighted by molar-refractivity contribution is 7.90. The molecule has 2 aliphatic carbocycles. The summed E-state index contributed by atoms with van der Waals surface area (Å²) in [5, 5.41) is 3.83. The predicted octanol–water partition coefficient (Wildman–Crippen LogP) is 3.96. The van der Waals surface area contributed by atoms with Gasteiger partial charge in [-0.25, -0.2) is 8.42 Å². The van der Waals surface area contributed by atoms with E-state index in [4.69, 9.17) is 0 Å². The summed E-state index contributed by atoms with van der Waals surface area (Å²) in [7, 11) is -3.12. The zero-order valence-corrected chi connectivity index (χ0v) is 15.7. The zero-order valence-electron chi connectivity index (χ0n) is 14.9. The smallest absolute Gasteiger partial charge is 0.175 e. The molecule has 4 unspecified atom stereocenters. The second-order valence-electron chi connectivity index (χ2n) is 8.39. The van der Waals surface area contributed by atoms with E-state index in [9.17, 15) is 8.42 Å². The zero-order chi connectivity index (χ0) is 17.0. The Morgan fingerprint density at radius 3 is 2.22 bits per heavy atom. The van der Waals surface area contributed by atoms with Gasteiger partial charge in [0.05, 0.1) is 4.90 Å². The van der Waals surface area contributed by atoms with Gasteiger partial charge >= 0.3 is 0 Å². The van der Waals surface area contributed by atoms with E-state index in [2.05, 4.69) is 33.0 Å². The molecule has 2 aliphatic rings. The number of hydrogen-bond acceptors (Lipinski definition) is 3. The molecule has 3 nitrogen and oxygen atoms in total. The van der Waals surface area contributed by atoms with E-state index in [1.54, 1.807) is 12.1 Å². The van der Waals surface area contributed by atoms with Gasteiger partial charge in [-0.1, -0.05) is 32.9 Å². The van der Waals surface area contributed by atoms with Crippen LogP contribution in [-0.2, 0) is 9.84 Å². The van der Waals surface area contributed by atoms with Crippen LogP contribution in [0.5, 0.6) is 0 Å². The number of fused-ring (bicyclic) bond motifs is 2. The van der Waals surface area contributed by atoms with Crippen LogP contribution in [-0.4, -0.2) is 20.7 Å². The molecule has 1 aromatic rings. The van der Waals surface area contributed by atoms with Gasteiger partial charge in [0.2, 0.25) is 0 Å². The molecular weight excluding hydrogens is 306 g/mol. The average Bonchev–Trinajstić information content (AvgIpc) is 2.80. The molecule has 0 radical (unpaired) electrons. The van der Waals surface area contributed by atoms with Gasteiger partial charge in [0.25, 0.3) is 0 Å². The largest absolute Gasteiger partial charge is 0.307 e. The summed E-state index contributed by atoms with van der Waals surface area (Å²) in [6.45, 7) is 9.48. The van der Waals surface area contributed by atoms with Crippen LogP contribution >= 0.6 is 0 Å². The van der Waals surface area contributed by atoms with E-state index in [-0.39, 0.29) is 6.04 Å². The SMILES string of the molecule is CC(NC1CC2CCC1(C)C2(C)C)c1ccc(S(C)(=O)=O)cc1. The molecule has 0 heterocycles. The Bertz CT molecular complexity index is 693. The van der Waals surface area contributed by atoms with Crippen molar-refractivity contribution >= 4 is 9.84 Å².